The van der Waals surface area contributed by atoms with Gasteiger partial charge in [0, 0.05) is 26.2 Å². The molecule has 1 spiro atoms. The predicted octanol–water partition coefficient (Wildman–Crippen LogP) is 3.81. The molecule has 2 aromatic carbocycles. The maximum atomic E-state index is 13.4. The summed E-state index contributed by atoms with van der Waals surface area (Å²) in [5.74, 6) is 1.61. The van der Waals surface area contributed by atoms with Gasteiger partial charge in [0.15, 0.2) is 0 Å². The lowest BCUT2D eigenvalue weighted by atomic mass is 9.88. The van der Waals surface area contributed by atoms with E-state index >= 15 is 0 Å². The van der Waals surface area contributed by atoms with Crippen molar-refractivity contribution < 1.29 is 13.9 Å². The summed E-state index contributed by atoms with van der Waals surface area (Å²) in [6.07, 6.45) is 1.43. The molecule has 4 rings (SSSR count). The number of carbonyl (C=O) groups is 1. The van der Waals surface area contributed by atoms with Gasteiger partial charge in [-0.15, -0.1) is 0 Å². The third-order valence-electron chi connectivity index (χ3n) is 6.25. The molecule has 1 amide bonds. The number of guanidine groups is 1. The zero-order chi connectivity index (χ0) is 23.4. The van der Waals surface area contributed by atoms with Crippen LogP contribution in [0.5, 0.6) is 5.75 Å². The Morgan fingerprint density at radius 1 is 1.06 bits per heavy atom. The highest BCUT2D eigenvalue weighted by molar-refractivity contribution is 6.07. The number of hydrogen-bond donors (Lipinski definition) is 1. The minimum Gasteiger partial charge on any atom is -0.493 e. The summed E-state index contributed by atoms with van der Waals surface area (Å²) in [7, 11) is 2.07. The van der Waals surface area contributed by atoms with Crippen LogP contribution >= 0.6 is 0 Å². The second-order valence-electron chi connectivity index (χ2n) is 9.56. The molecule has 1 N–H and O–H groups in total. The summed E-state index contributed by atoms with van der Waals surface area (Å²) in [4.78, 5) is 22.2. The Balaban J connectivity index is 1.55. The smallest absolute Gasteiger partial charge is 0.254 e. The largest absolute Gasteiger partial charge is 0.493 e. The van der Waals surface area contributed by atoms with Gasteiger partial charge >= 0.3 is 0 Å². The zero-order valence-electron chi connectivity index (χ0n) is 19.7. The Kier molecular flexibility index (Phi) is 6.98. The predicted molar refractivity (Wildman–Crippen MR) is 127 cm³/mol. The Morgan fingerprint density at radius 3 is 2.21 bits per heavy atom. The van der Waals surface area contributed by atoms with Gasteiger partial charge in [0.1, 0.15) is 17.1 Å². The van der Waals surface area contributed by atoms with Gasteiger partial charge in [-0.3, -0.25) is 10.1 Å². The number of aliphatic imine (C=N–C) groups is 1. The number of rotatable bonds is 7. The van der Waals surface area contributed by atoms with Gasteiger partial charge in [-0.1, -0.05) is 38.1 Å². The topological polar surface area (TPSA) is 57.2 Å². The molecule has 2 aliphatic rings. The molecule has 176 valence electrons. The normalized spacial score (nSPS) is 17.8. The van der Waals surface area contributed by atoms with Crippen molar-refractivity contribution in [1.29, 1.82) is 0 Å². The minimum absolute atomic E-state index is 0.0212. The van der Waals surface area contributed by atoms with Crippen molar-refractivity contribution >= 4 is 11.9 Å². The molecule has 1 saturated heterocycles. The van der Waals surface area contributed by atoms with E-state index in [9.17, 15) is 9.18 Å². The lowest BCUT2D eigenvalue weighted by Crippen LogP contribution is -2.48. The second kappa shape index (κ2) is 9.91. The molecule has 0 saturated carbocycles. The van der Waals surface area contributed by atoms with Crippen LogP contribution in [0.15, 0.2) is 53.5 Å². The molecule has 2 heterocycles. The maximum absolute atomic E-state index is 13.4. The molecule has 2 aliphatic heterocycles. The molecule has 6 nitrogen and oxygen atoms in total. The average molecular weight is 453 g/mol. The van der Waals surface area contributed by atoms with Gasteiger partial charge in [-0.2, -0.15) is 0 Å². The first-order valence-corrected chi connectivity index (χ1v) is 11.6. The summed E-state index contributed by atoms with van der Waals surface area (Å²) in [5.41, 5.74) is 1.35. The summed E-state index contributed by atoms with van der Waals surface area (Å²) in [6, 6.07) is 14.5. The van der Waals surface area contributed by atoms with Gasteiger partial charge in [-0.05, 0) is 61.2 Å². The van der Waals surface area contributed by atoms with Crippen LogP contribution in [-0.4, -0.2) is 53.9 Å². The summed E-state index contributed by atoms with van der Waals surface area (Å²) >= 11 is 0. The first-order chi connectivity index (χ1) is 15.8. The second-order valence-corrected chi connectivity index (χ2v) is 9.56. The summed E-state index contributed by atoms with van der Waals surface area (Å²) in [6.45, 7) is 7.69. The van der Waals surface area contributed by atoms with Crippen molar-refractivity contribution in [2.24, 2.45) is 10.9 Å². The van der Waals surface area contributed by atoms with Crippen molar-refractivity contribution in [3.05, 3.63) is 65.5 Å². The zero-order valence-corrected chi connectivity index (χ0v) is 19.7. The fourth-order valence-electron chi connectivity index (χ4n) is 4.17. The van der Waals surface area contributed by atoms with E-state index < -0.39 is 5.54 Å². The molecule has 1 fully saturated rings. The molecule has 0 aromatic heterocycles. The number of carbonyl (C=O) groups excluding carboxylic acids is 1. The van der Waals surface area contributed by atoms with Crippen LogP contribution in [0.1, 0.15) is 37.8 Å². The van der Waals surface area contributed by atoms with E-state index in [0.717, 1.165) is 30.0 Å². The minimum atomic E-state index is -0.683. The number of hydrogen-bond acceptors (Lipinski definition) is 5. The van der Waals surface area contributed by atoms with Crippen molar-refractivity contribution in [3.63, 3.8) is 0 Å². The van der Waals surface area contributed by atoms with Crippen molar-refractivity contribution in [1.82, 2.24) is 15.1 Å². The van der Waals surface area contributed by atoms with Crippen molar-refractivity contribution in [2.75, 3.05) is 26.7 Å². The van der Waals surface area contributed by atoms with Crippen LogP contribution in [0, 0.1) is 11.7 Å². The fourth-order valence-corrected chi connectivity index (χ4v) is 4.17. The Labute approximate surface area is 195 Å². The third-order valence-corrected chi connectivity index (χ3v) is 6.25. The fraction of sp³-hybridized carbons (Fsp3) is 0.462. The van der Waals surface area contributed by atoms with E-state index in [1.165, 1.54) is 12.1 Å². The number of halogens is 1. The van der Waals surface area contributed by atoms with E-state index in [4.69, 9.17) is 9.73 Å². The molecule has 0 atom stereocenters. The van der Waals surface area contributed by atoms with Crippen LogP contribution in [0.3, 0.4) is 0 Å². The summed E-state index contributed by atoms with van der Waals surface area (Å²) < 4.78 is 19.2. The quantitative estimate of drug-likeness (QED) is 0.694. The number of amides is 1. The highest BCUT2D eigenvalue weighted by Crippen LogP contribution is 2.30. The van der Waals surface area contributed by atoms with Crippen molar-refractivity contribution in [3.8, 4) is 5.75 Å². The third kappa shape index (κ3) is 5.71. The molecular weight excluding hydrogens is 419 g/mol. The van der Waals surface area contributed by atoms with Crippen LogP contribution in [0.2, 0.25) is 0 Å². The molecule has 33 heavy (non-hydrogen) atoms. The molecule has 7 heteroatoms. The standard InChI is InChI=1S/C26H33FN4O2/c1-19(2)18-33-23-10-6-21(7-11-23)17-31(16-20-4-8-22(27)9-5-20)25-28-24(32)26(29-25)12-14-30(3)15-13-26/h4-11,19H,12-18H2,1-3H3,(H,28,29,32). The van der Waals surface area contributed by atoms with E-state index in [1.54, 1.807) is 12.1 Å². The summed E-state index contributed by atoms with van der Waals surface area (Å²) in [5, 5.41) is 3.05. The lowest BCUT2D eigenvalue weighted by molar-refractivity contribution is -0.125. The van der Waals surface area contributed by atoms with Gasteiger partial charge in [-0.25, -0.2) is 9.38 Å². The lowest BCUT2D eigenvalue weighted by Gasteiger charge is -2.33. The SMILES string of the molecule is CC(C)COc1ccc(CN(Cc2ccc(F)cc2)C2=NC3(CCN(C)CC3)C(=O)N2)cc1. The van der Waals surface area contributed by atoms with E-state index in [2.05, 4.69) is 36.0 Å². The van der Waals surface area contributed by atoms with Gasteiger partial charge < -0.3 is 14.5 Å². The Bertz CT molecular complexity index is 980. The van der Waals surface area contributed by atoms with E-state index in [0.29, 0.717) is 44.4 Å². The Hall–Kier alpha value is -2.93. The monoisotopic (exact) mass is 452 g/mol. The molecule has 0 bridgehead atoms. The number of ether oxygens (including phenoxy) is 1. The first kappa shape index (κ1) is 23.2. The van der Waals surface area contributed by atoms with Crippen LogP contribution in [0.4, 0.5) is 4.39 Å². The van der Waals surface area contributed by atoms with Crippen LogP contribution < -0.4 is 10.1 Å². The molecular formula is C26H33FN4O2. The van der Waals surface area contributed by atoms with Gasteiger partial charge in [0.25, 0.3) is 5.91 Å². The van der Waals surface area contributed by atoms with Crippen LogP contribution in [0.25, 0.3) is 0 Å². The number of benzene rings is 2. The first-order valence-electron chi connectivity index (χ1n) is 11.6. The molecule has 2 aromatic rings. The van der Waals surface area contributed by atoms with E-state index in [-0.39, 0.29) is 11.7 Å². The average Bonchev–Trinajstić information content (AvgIpc) is 3.12. The van der Waals surface area contributed by atoms with Crippen LogP contribution in [-0.2, 0) is 17.9 Å². The highest BCUT2D eigenvalue weighted by Gasteiger charge is 2.46. The van der Waals surface area contributed by atoms with Gasteiger partial charge in [0.05, 0.1) is 6.61 Å². The number of nitrogens with one attached hydrogen (secondary N) is 1. The number of piperidine rings is 1. The molecule has 0 aliphatic carbocycles. The molecule has 0 radical (unpaired) electrons. The number of nitrogens with zero attached hydrogens (tertiary/aromatic N) is 3. The van der Waals surface area contributed by atoms with Crippen molar-refractivity contribution in [2.45, 2.75) is 45.3 Å². The van der Waals surface area contributed by atoms with Gasteiger partial charge in [0.2, 0.25) is 5.96 Å². The highest BCUT2D eigenvalue weighted by atomic mass is 19.1. The number of likely N-dealkylation sites (tertiary alicyclic amines) is 1. The Morgan fingerprint density at radius 2 is 1.64 bits per heavy atom. The molecule has 0 unspecified atom stereocenters. The van der Waals surface area contributed by atoms with E-state index in [1.807, 2.05) is 24.3 Å². The maximum Gasteiger partial charge on any atom is 0.254 e.